The number of allylic oxidation sites excluding steroid dienone is 1. The fraction of sp³-hybridized carbons (Fsp3) is 0.182. The molecule has 1 aromatic rings. The lowest BCUT2D eigenvalue weighted by Crippen LogP contribution is -2.18. The van der Waals surface area contributed by atoms with Crippen LogP contribution in [-0.4, -0.2) is 6.29 Å². The predicted octanol–water partition coefficient (Wildman–Crippen LogP) is 3.71. The first-order valence-corrected chi connectivity index (χ1v) is 5.31. The number of aldehydes is 1. The summed E-state index contributed by atoms with van der Waals surface area (Å²) >= 11 is 9.15. The minimum Gasteiger partial charge on any atom is -0.301 e. The maximum atomic E-state index is 11.0. The highest BCUT2D eigenvalue weighted by atomic mass is 79.9. The van der Waals surface area contributed by atoms with Crippen molar-refractivity contribution in [1.29, 1.82) is 0 Å². The largest absolute Gasteiger partial charge is 0.301 e. The van der Waals surface area contributed by atoms with Gasteiger partial charge in [-0.3, -0.25) is 0 Å². The summed E-state index contributed by atoms with van der Waals surface area (Å²) in [6.45, 7) is 3.62. The fourth-order valence-electron chi connectivity index (χ4n) is 1.17. The lowest BCUT2D eigenvalue weighted by Gasteiger charge is -2.19. The van der Waals surface area contributed by atoms with Crippen LogP contribution < -0.4 is 0 Å². The zero-order valence-corrected chi connectivity index (χ0v) is 9.88. The molecule has 0 radical (unpaired) electrons. The number of carbonyl (C=O) groups is 1. The Morgan fingerprint density at radius 3 is 2.43 bits per heavy atom. The molecule has 0 saturated carbocycles. The van der Waals surface area contributed by atoms with E-state index in [1.165, 1.54) is 0 Å². The van der Waals surface area contributed by atoms with Crippen molar-refractivity contribution in [3.05, 3.63) is 47.5 Å². The van der Waals surface area contributed by atoms with Gasteiger partial charge in [0.15, 0.2) is 0 Å². The van der Waals surface area contributed by atoms with Gasteiger partial charge in [0.05, 0.1) is 0 Å². The molecular formula is C11H10BrClO. The minimum absolute atomic E-state index is 0.554. The van der Waals surface area contributed by atoms with E-state index >= 15 is 0 Å². The molecule has 0 bridgehead atoms. The van der Waals surface area contributed by atoms with E-state index < -0.39 is 4.32 Å². The van der Waals surface area contributed by atoms with Crippen molar-refractivity contribution >= 4 is 33.8 Å². The van der Waals surface area contributed by atoms with E-state index in [-0.39, 0.29) is 0 Å². The average Bonchev–Trinajstić information content (AvgIpc) is 2.19. The van der Waals surface area contributed by atoms with Crippen LogP contribution in [0.4, 0.5) is 0 Å². The van der Waals surface area contributed by atoms with Gasteiger partial charge in [-0.2, -0.15) is 0 Å². The van der Waals surface area contributed by atoms with Crippen molar-refractivity contribution in [3.8, 4) is 0 Å². The van der Waals surface area contributed by atoms with Gasteiger partial charge < -0.3 is 4.79 Å². The summed E-state index contributed by atoms with van der Waals surface area (Å²) in [5, 5.41) is 0.660. The second-order valence-corrected chi connectivity index (χ2v) is 4.83. The highest BCUT2D eigenvalue weighted by Crippen LogP contribution is 2.33. The van der Waals surface area contributed by atoms with E-state index in [0.29, 0.717) is 11.4 Å². The lowest BCUT2D eigenvalue weighted by molar-refractivity contribution is -0.109. The van der Waals surface area contributed by atoms with Crippen LogP contribution in [0.15, 0.2) is 36.9 Å². The highest BCUT2D eigenvalue weighted by Gasteiger charge is 2.26. The molecule has 0 aliphatic heterocycles. The summed E-state index contributed by atoms with van der Waals surface area (Å²) in [6, 6.07) is 7.18. The van der Waals surface area contributed by atoms with Crippen molar-refractivity contribution in [3.63, 3.8) is 0 Å². The second kappa shape index (κ2) is 4.76. The summed E-state index contributed by atoms with van der Waals surface area (Å²) in [7, 11) is 0. The molecule has 1 atom stereocenters. The van der Waals surface area contributed by atoms with Gasteiger partial charge in [0.2, 0.25) is 0 Å². The Hall–Kier alpha value is -0.600. The number of rotatable bonds is 4. The summed E-state index contributed by atoms with van der Waals surface area (Å²) in [5.74, 6) is 0. The summed E-state index contributed by atoms with van der Waals surface area (Å²) in [4.78, 5) is 11.0. The minimum atomic E-state index is -0.667. The predicted molar refractivity (Wildman–Crippen MR) is 62.9 cm³/mol. The smallest absolute Gasteiger partial charge is 0.141 e. The number of carbonyl (C=O) groups excluding carboxylic acids is 1. The number of halogens is 2. The van der Waals surface area contributed by atoms with Crippen LogP contribution >= 0.6 is 27.5 Å². The van der Waals surface area contributed by atoms with E-state index in [4.69, 9.17) is 11.6 Å². The molecule has 0 aliphatic carbocycles. The second-order valence-electron chi connectivity index (χ2n) is 2.98. The molecule has 74 valence electrons. The summed E-state index contributed by atoms with van der Waals surface area (Å²) in [5.41, 5.74) is 0.886. The van der Waals surface area contributed by atoms with Gasteiger partial charge >= 0.3 is 0 Å². The molecule has 0 amide bonds. The molecule has 0 heterocycles. The molecule has 1 nitrogen and oxygen atoms in total. The normalized spacial score (nSPS) is 14.4. The Balaban J connectivity index is 3.05. The van der Waals surface area contributed by atoms with Gasteiger partial charge in [0.25, 0.3) is 0 Å². The van der Waals surface area contributed by atoms with E-state index in [1.54, 1.807) is 18.2 Å². The molecule has 14 heavy (non-hydrogen) atoms. The van der Waals surface area contributed by atoms with E-state index in [0.717, 1.165) is 11.8 Å². The lowest BCUT2D eigenvalue weighted by atomic mass is 9.97. The zero-order valence-electron chi connectivity index (χ0n) is 7.54. The van der Waals surface area contributed by atoms with Crippen molar-refractivity contribution in [1.82, 2.24) is 0 Å². The Labute approximate surface area is 96.9 Å². The Bertz CT molecular complexity index is 334. The van der Waals surface area contributed by atoms with Gasteiger partial charge in [-0.15, -0.1) is 6.58 Å². The third-order valence-electron chi connectivity index (χ3n) is 1.95. The van der Waals surface area contributed by atoms with Crippen LogP contribution in [0.1, 0.15) is 12.0 Å². The quantitative estimate of drug-likeness (QED) is 0.464. The van der Waals surface area contributed by atoms with Crippen LogP contribution in [0.3, 0.4) is 0 Å². The van der Waals surface area contributed by atoms with Gasteiger partial charge in [-0.1, -0.05) is 45.7 Å². The van der Waals surface area contributed by atoms with Crippen molar-refractivity contribution < 1.29 is 4.79 Å². The molecular weight excluding hydrogens is 263 g/mol. The van der Waals surface area contributed by atoms with Gasteiger partial charge in [0.1, 0.15) is 10.6 Å². The molecule has 0 spiro atoms. The molecule has 0 saturated heterocycles. The van der Waals surface area contributed by atoms with Crippen LogP contribution in [0.25, 0.3) is 0 Å². The standard InChI is InChI=1S/C11H10BrClO/c1-2-7-11(12,8-14)9-3-5-10(13)6-4-9/h2-6,8H,1,7H2. The van der Waals surface area contributed by atoms with Gasteiger partial charge in [0, 0.05) is 5.02 Å². The molecule has 0 aliphatic rings. The van der Waals surface area contributed by atoms with E-state index in [2.05, 4.69) is 22.5 Å². The first-order chi connectivity index (χ1) is 6.62. The monoisotopic (exact) mass is 272 g/mol. The van der Waals surface area contributed by atoms with Gasteiger partial charge in [-0.25, -0.2) is 0 Å². The Morgan fingerprint density at radius 1 is 1.43 bits per heavy atom. The first kappa shape index (κ1) is 11.5. The molecule has 0 N–H and O–H groups in total. The van der Waals surface area contributed by atoms with Crippen LogP contribution in [0.2, 0.25) is 5.02 Å². The van der Waals surface area contributed by atoms with Crippen molar-refractivity contribution in [2.75, 3.05) is 0 Å². The third-order valence-corrected chi connectivity index (χ3v) is 3.17. The molecule has 1 aromatic carbocycles. The highest BCUT2D eigenvalue weighted by molar-refractivity contribution is 9.10. The van der Waals surface area contributed by atoms with Crippen molar-refractivity contribution in [2.45, 2.75) is 10.7 Å². The average molecular weight is 274 g/mol. The molecule has 1 unspecified atom stereocenters. The molecule has 0 aromatic heterocycles. The van der Waals surface area contributed by atoms with Gasteiger partial charge in [-0.05, 0) is 24.1 Å². The molecule has 3 heteroatoms. The number of hydrogen-bond acceptors (Lipinski definition) is 1. The Kier molecular flexibility index (Phi) is 3.90. The topological polar surface area (TPSA) is 17.1 Å². The maximum absolute atomic E-state index is 11.0. The summed E-state index contributed by atoms with van der Waals surface area (Å²) in [6.07, 6.45) is 3.13. The van der Waals surface area contributed by atoms with E-state index in [9.17, 15) is 4.79 Å². The van der Waals surface area contributed by atoms with Crippen LogP contribution in [0.5, 0.6) is 0 Å². The maximum Gasteiger partial charge on any atom is 0.141 e. The summed E-state index contributed by atoms with van der Waals surface area (Å²) < 4.78 is -0.667. The SMILES string of the molecule is C=CCC(Br)(C=O)c1ccc(Cl)cc1. The third kappa shape index (κ3) is 2.46. The van der Waals surface area contributed by atoms with Crippen LogP contribution in [-0.2, 0) is 9.12 Å². The molecule has 0 fully saturated rings. The number of hydrogen-bond donors (Lipinski definition) is 0. The molecule has 1 rings (SSSR count). The van der Waals surface area contributed by atoms with Crippen LogP contribution in [0, 0.1) is 0 Å². The fourth-order valence-corrected chi connectivity index (χ4v) is 1.79. The zero-order chi connectivity index (χ0) is 10.6. The Morgan fingerprint density at radius 2 is 2.00 bits per heavy atom. The van der Waals surface area contributed by atoms with E-state index in [1.807, 2.05) is 12.1 Å². The van der Waals surface area contributed by atoms with Crippen molar-refractivity contribution in [2.24, 2.45) is 0 Å². The number of alkyl halides is 1. The first-order valence-electron chi connectivity index (χ1n) is 4.14. The number of benzene rings is 1.